The standard InChI is InChI=1S/C15H16FNOS2/c16-14-6-2-1-4-12(14)11-19-9-7-17-15(18)10-13-5-3-8-20-13/h1-6,8H,7,9-11H2,(H,17,18). The van der Waals surface area contributed by atoms with Crippen molar-refractivity contribution in [2.75, 3.05) is 12.3 Å². The first kappa shape index (κ1) is 15.1. The van der Waals surface area contributed by atoms with Crippen molar-refractivity contribution < 1.29 is 9.18 Å². The zero-order chi connectivity index (χ0) is 14.2. The van der Waals surface area contributed by atoms with Gasteiger partial charge in [0, 0.05) is 22.9 Å². The van der Waals surface area contributed by atoms with Gasteiger partial charge in [0.05, 0.1) is 6.42 Å². The molecule has 2 aromatic rings. The molecule has 0 fully saturated rings. The predicted octanol–water partition coefficient (Wildman–Crippen LogP) is 3.48. The molecule has 0 saturated carbocycles. The fourth-order valence-corrected chi connectivity index (χ4v) is 3.24. The summed E-state index contributed by atoms with van der Waals surface area (Å²) in [5.41, 5.74) is 0.711. The maximum Gasteiger partial charge on any atom is 0.225 e. The Kier molecular flexibility index (Phi) is 6.08. The summed E-state index contributed by atoms with van der Waals surface area (Å²) in [4.78, 5) is 12.7. The van der Waals surface area contributed by atoms with Crippen LogP contribution in [0.5, 0.6) is 0 Å². The largest absolute Gasteiger partial charge is 0.355 e. The zero-order valence-electron chi connectivity index (χ0n) is 11.0. The molecule has 20 heavy (non-hydrogen) atoms. The van der Waals surface area contributed by atoms with Gasteiger partial charge in [-0.3, -0.25) is 4.79 Å². The topological polar surface area (TPSA) is 29.1 Å². The summed E-state index contributed by atoms with van der Waals surface area (Å²) >= 11 is 3.20. The van der Waals surface area contributed by atoms with Gasteiger partial charge in [0.25, 0.3) is 0 Å². The molecule has 0 aliphatic heterocycles. The normalized spacial score (nSPS) is 10.4. The van der Waals surface area contributed by atoms with Crippen molar-refractivity contribution in [3.05, 3.63) is 58.0 Å². The Bertz CT molecular complexity index is 543. The van der Waals surface area contributed by atoms with Crippen LogP contribution in [0, 0.1) is 5.82 Å². The van der Waals surface area contributed by atoms with Crippen LogP contribution in [0.2, 0.25) is 0 Å². The molecule has 106 valence electrons. The van der Waals surface area contributed by atoms with Crippen molar-refractivity contribution in [3.8, 4) is 0 Å². The number of nitrogens with one attached hydrogen (secondary N) is 1. The number of hydrogen-bond acceptors (Lipinski definition) is 3. The van der Waals surface area contributed by atoms with Crippen molar-refractivity contribution in [1.82, 2.24) is 5.32 Å². The molecule has 2 rings (SSSR count). The fraction of sp³-hybridized carbons (Fsp3) is 0.267. The van der Waals surface area contributed by atoms with Gasteiger partial charge in [-0.1, -0.05) is 24.3 Å². The van der Waals surface area contributed by atoms with Crippen LogP contribution >= 0.6 is 23.1 Å². The molecule has 5 heteroatoms. The molecule has 1 aromatic heterocycles. The molecule has 1 N–H and O–H groups in total. The van der Waals surface area contributed by atoms with Crippen LogP contribution in [0.1, 0.15) is 10.4 Å². The molecule has 0 saturated heterocycles. The average Bonchev–Trinajstić information content (AvgIpc) is 2.93. The van der Waals surface area contributed by atoms with Gasteiger partial charge in [-0.25, -0.2) is 4.39 Å². The molecule has 1 aromatic carbocycles. The van der Waals surface area contributed by atoms with E-state index in [1.807, 2.05) is 23.6 Å². The summed E-state index contributed by atoms with van der Waals surface area (Å²) < 4.78 is 13.4. The van der Waals surface area contributed by atoms with Crippen LogP contribution in [0.15, 0.2) is 41.8 Å². The van der Waals surface area contributed by atoms with Gasteiger partial charge in [0.2, 0.25) is 5.91 Å². The van der Waals surface area contributed by atoms with Crippen molar-refractivity contribution in [1.29, 1.82) is 0 Å². The molecule has 0 bridgehead atoms. The number of halogens is 1. The SMILES string of the molecule is O=C(Cc1cccs1)NCCSCc1ccccc1F. The van der Waals surface area contributed by atoms with E-state index in [1.54, 1.807) is 35.2 Å². The Balaban J connectivity index is 1.60. The lowest BCUT2D eigenvalue weighted by Crippen LogP contribution is -2.27. The number of thiophene rings is 1. The maximum atomic E-state index is 13.4. The van der Waals surface area contributed by atoms with Gasteiger partial charge in [0.15, 0.2) is 0 Å². The minimum Gasteiger partial charge on any atom is -0.355 e. The summed E-state index contributed by atoms with van der Waals surface area (Å²) in [5, 5.41) is 4.84. The Morgan fingerprint density at radius 2 is 2.10 bits per heavy atom. The van der Waals surface area contributed by atoms with E-state index in [-0.39, 0.29) is 11.7 Å². The lowest BCUT2D eigenvalue weighted by molar-refractivity contribution is -0.120. The lowest BCUT2D eigenvalue weighted by atomic mass is 10.2. The van der Waals surface area contributed by atoms with Gasteiger partial charge < -0.3 is 5.32 Å². The number of carbonyl (C=O) groups excluding carboxylic acids is 1. The minimum atomic E-state index is -0.165. The second kappa shape index (κ2) is 8.07. The van der Waals surface area contributed by atoms with Crippen LogP contribution in [0.4, 0.5) is 4.39 Å². The molecular weight excluding hydrogens is 293 g/mol. The Labute approximate surface area is 126 Å². The third-order valence-corrected chi connectivity index (χ3v) is 4.58. The van der Waals surface area contributed by atoms with Crippen molar-refractivity contribution >= 4 is 29.0 Å². The smallest absolute Gasteiger partial charge is 0.225 e. The van der Waals surface area contributed by atoms with E-state index < -0.39 is 0 Å². The first-order valence-electron chi connectivity index (χ1n) is 6.36. The van der Waals surface area contributed by atoms with Crippen molar-refractivity contribution in [2.24, 2.45) is 0 Å². The van der Waals surface area contributed by atoms with Gasteiger partial charge in [0.1, 0.15) is 5.82 Å². The summed E-state index contributed by atoms with van der Waals surface area (Å²) in [7, 11) is 0. The number of thioether (sulfide) groups is 1. The highest BCUT2D eigenvalue weighted by molar-refractivity contribution is 7.98. The first-order valence-corrected chi connectivity index (χ1v) is 8.39. The molecule has 0 aliphatic rings. The van der Waals surface area contributed by atoms with Gasteiger partial charge >= 0.3 is 0 Å². The van der Waals surface area contributed by atoms with Crippen molar-refractivity contribution in [2.45, 2.75) is 12.2 Å². The van der Waals surface area contributed by atoms with Crippen LogP contribution < -0.4 is 5.32 Å². The quantitative estimate of drug-likeness (QED) is 0.793. The number of hydrogen-bond donors (Lipinski definition) is 1. The molecule has 2 nitrogen and oxygen atoms in total. The first-order chi connectivity index (χ1) is 9.75. The molecular formula is C15H16FNOS2. The highest BCUT2D eigenvalue weighted by atomic mass is 32.2. The zero-order valence-corrected chi connectivity index (χ0v) is 12.6. The molecule has 0 radical (unpaired) electrons. The average molecular weight is 309 g/mol. The van der Waals surface area contributed by atoms with E-state index in [4.69, 9.17) is 0 Å². The predicted molar refractivity (Wildman–Crippen MR) is 83.6 cm³/mol. The van der Waals surface area contributed by atoms with Crippen molar-refractivity contribution in [3.63, 3.8) is 0 Å². The molecule has 0 atom stereocenters. The molecule has 0 aliphatic carbocycles. The fourth-order valence-electron chi connectivity index (χ4n) is 1.69. The number of benzene rings is 1. The minimum absolute atomic E-state index is 0.0407. The third-order valence-electron chi connectivity index (χ3n) is 2.70. The summed E-state index contributed by atoms with van der Waals surface area (Å²) in [5.74, 6) is 1.29. The van der Waals surface area contributed by atoms with Crippen LogP contribution in [-0.2, 0) is 17.0 Å². The maximum absolute atomic E-state index is 13.4. The van der Waals surface area contributed by atoms with E-state index in [1.165, 1.54) is 6.07 Å². The number of rotatable bonds is 7. The monoisotopic (exact) mass is 309 g/mol. The van der Waals surface area contributed by atoms with Gasteiger partial charge in [-0.2, -0.15) is 11.8 Å². The summed E-state index contributed by atoms with van der Waals surface area (Å²) in [6.45, 7) is 0.614. The van der Waals surface area contributed by atoms with E-state index in [9.17, 15) is 9.18 Å². The second-order valence-electron chi connectivity index (χ2n) is 4.25. The van der Waals surface area contributed by atoms with Gasteiger partial charge in [-0.05, 0) is 23.1 Å². The number of amides is 1. The molecule has 0 spiro atoms. The van der Waals surface area contributed by atoms with Gasteiger partial charge in [-0.15, -0.1) is 11.3 Å². The highest BCUT2D eigenvalue weighted by Gasteiger charge is 2.04. The Morgan fingerprint density at radius 3 is 2.85 bits per heavy atom. The summed E-state index contributed by atoms with van der Waals surface area (Å²) in [6.07, 6.45) is 0.440. The second-order valence-corrected chi connectivity index (χ2v) is 6.39. The molecule has 1 heterocycles. The van der Waals surface area contributed by atoms with Crippen LogP contribution in [-0.4, -0.2) is 18.2 Å². The van der Waals surface area contributed by atoms with Crippen LogP contribution in [0.25, 0.3) is 0 Å². The van der Waals surface area contributed by atoms with E-state index in [0.29, 0.717) is 24.3 Å². The van der Waals surface area contributed by atoms with E-state index >= 15 is 0 Å². The lowest BCUT2D eigenvalue weighted by Gasteiger charge is -2.05. The highest BCUT2D eigenvalue weighted by Crippen LogP contribution is 2.14. The Hall–Kier alpha value is -1.33. The van der Waals surface area contributed by atoms with Crippen LogP contribution in [0.3, 0.4) is 0 Å². The number of carbonyl (C=O) groups is 1. The Morgan fingerprint density at radius 1 is 1.25 bits per heavy atom. The van der Waals surface area contributed by atoms with E-state index in [0.717, 1.165) is 10.6 Å². The summed E-state index contributed by atoms with van der Waals surface area (Å²) in [6, 6.07) is 10.7. The van der Waals surface area contributed by atoms with E-state index in [2.05, 4.69) is 5.32 Å². The molecule has 0 unspecified atom stereocenters. The molecule has 1 amide bonds. The third kappa shape index (κ3) is 4.98.